The van der Waals surface area contributed by atoms with Crippen LogP contribution in [-0.2, 0) is 6.42 Å². The third kappa shape index (κ3) is 5.46. The first kappa shape index (κ1) is 16.5. The van der Waals surface area contributed by atoms with Crippen LogP contribution in [0.1, 0.15) is 12.5 Å². The number of rotatable bonds is 7. The van der Waals surface area contributed by atoms with E-state index in [-0.39, 0.29) is 11.9 Å². The van der Waals surface area contributed by atoms with Crippen molar-refractivity contribution in [3.8, 4) is 0 Å². The van der Waals surface area contributed by atoms with E-state index in [1.807, 2.05) is 24.3 Å². The maximum atomic E-state index is 13.8. The molecule has 0 aliphatic rings. The van der Waals surface area contributed by atoms with E-state index >= 15 is 0 Å². The van der Waals surface area contributed by atoms with E-state index in [1.54, 1.807) is 17.8 Å². The van der Waals surface area contributed by atoms with E-state index in [0.29, 0.717) is 6.42 Å². The van der Waals surface area contributed by atoms with Crippen LogP contribution >= 0.6 is 27.7 Å². The first-order valence-corrected chi connectivity index (χ1v) is 8.82. The summed E-state index contributed by atoms with van der Waals surface area (Å²) in [5, 5.41) is 3.44. The van der Waals surface area contributed by atoms with Gasteiger partial charge in [-0.15, -0.1) is 11.8 Å². The lowest BCUT2D eigenvalue weighted by molar-refractivity contribution is 0.545. The molecule has 0 fully saturated rings. The predicted octanol–water partition coefficient (Wildman–Crippen LogP) is 4.90. The highest BCUT2D eigenvalue weighted by Gasteiger charge is 2.11. The van der Waals surface area contributed by atoms with Crippen LogP contribution in [0.3, 0.4) is 0 Å². The fourth-order valence-corrected chi connectivity index (χ4v) is 3.36. The summed E-state index contributed by atoms with van der Waals surface area (Å²) in [6.07, 6.45) is 0.712. The summed E-state index contributed by atoms with van der Waals surface area (Å²) in [6, 6.07) is 15.6. The largest absolute Gasteiger partial charge is 0.313 e. The molecule has 1 N–H and O–H groups in total. The van der Waals surface area contributed by atoms with Gasteiger partial charge in [0.15, 0.2) is 0 Å². The molecule has 0 heterocycles. The minimum atomic E-state index is -0.117. The van der Waals surface area contributed by atoms with Gasteiger partial charge in [-0.25, -0.2) is 4.39 Å². The van der Waals surface area contributed by atoms with E-state index in [4.69, 9.17) is 0 Å². The summed E-state index contributed by atoms with van der Waals surface area (Å²) in [6.45, 7) is 2.97. The third-order valence-electron chi connectivity index (χ3n) is 3.18. The lowest BCUT2D eigenvalue weighted by atomic mass is 10.1. The van der Waals surface area contributed by atoms with Gasteiger partial charge in [-0.05, 0) is 48.9 Å². The van der Waals surface area contributed by atoms with Crippen LogP contribution in [0.4, 0.5) is 4.39 Å². The first-order valence-electron chi connectivity index (χ1n) is 7.04. The SMILES string of the molecule is CCNC(CSc1ccc(Br)cc1)Cc1ccccc1F. The van der Waals surface area contributed by atoms with Crippen molar-refractivity contribution in [3.63, 3.8) is 0 Å². The second-order valence-corrected chi connectivity index (χ2v) is 6.82. The third-order valence-corrected chi connectivity index (χ3v) is 4.88. The molecular formula is C17H19BrFNS. The summed E-state index contributed by atoms with van der Waals surface area (Å²) in [4.78, 5) is 1.23. The summed E-state index contributed by atoms with van der Waals surface area (Å²) < 4.78 is 14.8. The number of halogens is 2. The van der Waals surface area contributed by atoms with Crippen LogP contribution in [0.15, 0.2) is 57.9 Å². The molecule has 0 bridgehead atoms. The molecule has 1 unspecified atom stereocenters. The van der Waals surface area contributed by atoms with E-state index in [2.05, 4.69) is 40.3 Å². The van der Waals surface area contributed by atoms with Gasteiger partial charge in [-0.1, -0.05) is 41.1 Å². The van der Waals surface area contributed by atoms with Crippen LogP contribution < -0.4 is 5.32 Å². The number of benzene rings is 2. The van der Waals surface area contributed by atoms with Crippen LogP contribution in [-0.4, -0.2) is 18.3 Å². The van der Waals surface area contributed by atoms with Gasteiger partial charge in [-0.2, -0.15) is 0 Å². The van der Waals surface area contributed by atoms with Crippen molar-refractivity contribution >= 4 is 27.7 Å². The van der Waals surface area contributed by atoms with Gasteiger partial charge in [-0.3, -0.25) is 0 Å². The van der Waals surface area contributed by atoms with Crippen LogP contribution in [0.25, 0.3) is 0 Å². The Hall–Kier alpha value is -0.840. The fraction of sp³-hybridized carbons (Fsp3) is 0.294. The van der Waals surface area contributed by atoms with Crippen molar-refractivity contribution in [3.05, 3.63) is 64.4 Å². The monoisotopic (exact) mass is 367 g/mol. The van der Waals surface area contributed by atoms with Gasteiger partial charge < -0.3 is 5.32 Å². The first-order chi connectivity index (χ1) is 10.2. The lowest BCUT2D eigenvalue weighted by Gasteiger charge is -2.18. The Bertz CT molecular complexity index is 559. The molecule has 2 aromatic carbocycles. The molecule has 0 aliphatic carbocycles. The van der Waals surface area contributed by atoms with Crippen LogP contribution in [0.2, 0.25) is 0 Å². The zero-order valence-corrected chi connectivity index (χ0v) is 14.4. The minimum Gasteiger partial charge on any atom is -0.313 e. The van der Waals surface area contributed by atoms with E-state index in [1.165, 1.54) is 11.0 Å². The molecule has 4 heteroatoms. The van der Waals surface area contributed by atoms with Gasteiger partial charge in [0.25, 0.3) is 0 Å². The standard InChI is InChI=1S/C17H19BrFNS/c1-2-20-15(11-13-5-3-4-6-17(13)19)12-21-16-9-7-14(18)8-10-16/h3-10,15,20H,2,11-12H2,1H3. The van der Waals surface area contributed by atoms with Crippen molar-refractivity contribution in [2.45, 2.75) is 24.3 Å². The van der Waals surface area contributed by atoms with Crippen molar-refractivity contribution in [2.24, 2.45) is 0 Å². The second-order valence-electron chi connectivity index (χ2n) is 4.82. The summed E-state index contributed by atoms with van der Waals surface area (Å²) >= 11 is 5.24. The highest BCUT2D eigenvalue weighted by atomic mass is 79.9. The van der Waals surface area contributed by atoms with E-state index < -0.39 is 0 Å². The zero-order valence-electron chi connectivity index (χ0n) is 12.0. The van der Waals surface area contributed by atoms with Crippen LogP contribution in [0.5, 0.6) is 0 Å². The number of hydrogen-bond acceptors (Lipinski definition) is 2. The maximum Gasteiger partial charge on any atom is 0.126 e. The molecule has 0 spiro atoms. The number of hydrogen-bond donors (Lipinski definition) is 1. The zero-order chi connectivity index (χ0) is 15.1. The molecule has 0 saturated carbocycles. The molecule has 112 valence electrons. The number of nitrogens with one attached hydrogen (secondary N) is 1. The maximum absolute atomic E-state index is 13.8. The Morgan fingerprint density at radius 2 is 1.86 bits per heavy atom. The van der Waals surface area contributed by atoms with Gasteiger partial charge >= 0.3 is 0 Å². The molecule has 0 aliphatic heterocycles. The second kappa shape index (κ2) is 8.57. The number of likely N-dealkylation sites (N-methyl/N-ethyl adjacent to an activating group) is 1. The Labute approximate surface area is 138 Å². The minimum absolute atomic E-state index is 0.117. The predicted molar refractivity (Wildman–Crippen MR) is 92.4 cm³/mol. The molecule has 0 radical (unpaired) electrons. The number of thioether (sulfide) groups is 1. The van der Waals surface area contributed by atoms with Crippen molar-refractivity contribution < 1.29 is 4.39 Å². The topological polar surface area (TPSA) is 12.0 Å². The molecule has 1 atom stereocenters. The molecule has 2 aromatic rings. The average Bonchev–Trinajstić information content (AvgIpc) is 2.49. The lowest BCUT2D eigenvalue weighted by Crippen LogP contribution is -2.33. The van der Waals surface area contributed by atoms with Crippen molar-refractivity contribution in [1.29, 1.82) is 0 Å². The van der Waals surface area contributed by atoms with Gasteiger partial charge in [0, 0.05) is 21.2 Å². The summed E-state index contributed by atoms with van der Waals surface area (Å²) in [5.74, 6) is 0.804. The van der Waals surface area contributed by atoms with Gasteiger partial charge in [0.1, 0.15) is 5.82 Å². The quantitative estimate of drug-likeness (QED) is 0.698. The van der Waals surface area contributed by atoms with Crippen LogP contribution in [0, 0.1) is 5.82 Å². The molecule has 2 rings (SSSR count). The smallest absolute Gasteiger partial charge is 0.126 e. The molecule has 0 aromatic heterocycles. The molecule has 1 nitrogen and oxygen atoms in total. The Kier molecular flexibility index (Phi) is 6.74. The Balaban J connectivity index is 1.95. The van der Waals surface area contributed by atoms with E-state index in [0.717, 1.165) is 22.3 Å². The van der Waals surface area contributed by atoms with Crippen molar-refractivity contribution in [1.82, 2.24) is 5.32 Å². The fourth-order valence-electron chi connectivity index (χ4n) is 2.14. The molecular weight excluding hydrogens is 349 g/mol. The molecule has 0 amide bonds. The molecule has 21 heavy (non-hydrogen) atoms. The highest BCUT2D eigenvalue weighted by molar-refractivity contribution is 9.10. The van der Waals surface area contributed by atoms with Crippen molar-refractivity contribution in [2.75, 3.05) is 12.3 Å². The summed E-state index contributed by atoms with van der Waals surface area (Å²) in [7, 11) is 0. The Morgan fingerprint density at radius 1 is 1.14 bits per heavy atom. The normalized spacial score (nSPS) is 12.3. The summed E-state index contributed by atoms with van der Waals surface area (Å²) in [5.41, 5.74) is 0.778. The average molecular weight is 368 g/mol. The van der Waals surface area contributed by atoms with Gasteiger partial charge in [0.2, 0.25) is 0 Å². The van der Waals surface area contributed by atoms with E-state index in [9.17, 15) is 4.39 Å². The van der Waals surface area contributed by atoms with Gasteiger partial charge in [0.05, 0.1) is 0 Å². The Morgan fingerprint density at radius 3 is 2.52 bits per heavy atom. The highest BCUT2D eigenvalue weighted by Crippen LogP contribution is 2.22. The molecule has 0 saturated heterocycles.